The number of rotatable bonds is 4. The summed E-state index contributed by atoms with van der Waals surface area (Å²) < 4.78 is 10.9. The Bertz CT molecular complexity index is 977. The molecule has 0 radical (unpaired) electrons. The minimum Gasteiger partial charge on any atom is -0.377 e. The number of ether oxygens (including phenoxy) is 1. The Hall–Kier alpha value is -2.52. The molecule has 2 aromatic heterocycles. The first-order valence-corrected chi connectivity index (χ1v) is 9.20. The zero-order valence-electron chi connectivity index (χ0n) is 14.8. The number of anilines is 2. The van der Waals surface area contributed by atoms with Crippen LogP contribution in [-0.4, -0.2) is 52.2 Å². The van der Waals surface area contributed by atoms with Crippen molar-refractivity contribution in [1.82, 2.24) is 18.9 Å². The fraction of sp³-hybridized carbons (Fsp3) is 0.412. The molecule has 0 amide bonds. The first-order valence-electron chi connectivity index (χ1n) is 8.42. The zero-order chi connectivity index (χ0) is 18.1. The largest absolute Gasteiger partial charge is 0.377 e. The zero-order valence-corrected chi connectivity index (χ0v) is 15.6. The Morgan fingerprint density at radius 3 is 2.73 bits per heavy atom. The Morgan fingerprint density at radius 2 is 1.96 bits per heavy atom. The Labute approximate surface area is 154 Å². The maximum absolute atomic E-state index is 12.1. The van der Waals surface area contributed by atoms with Gasteiger partial charge < -0.3 is 19.1 Å². The molecule has 1 saturated heterocycles. The summed E-state index contributed by atoms with van der Waals surface area (Å²) in [6.07, 6.45) is 1.57. The molecule has 136 valence electrons. The molecule has 0 unspecified atom stereocenters. The van der Waals surface area contributed by atoms with E-state index in [4.69, 9.17) is 4.74 Å². The number of benzene rings is 1. The highest BCUT2D eigenvalue weighted by molar-refractivity contribution is 7.09. The van der Waals surface area contributed by atoms with Crippen LogP contribution in [0.3, 0.4) is 0 Å². The van der Waals surface area contributed by atoms with E-state index < -0.39 is 0 Å². The van der Waals surface area contributed by atoms with E-state index in [1.807, 2.05) is 18.2 Å². The average molecular weight is 372 g/mol. The maximum atomic E-state index is 12.1. The quantitative estimate of drug-likeness (QED) is 0.682. The lowest BCUT2D eigenvalue weighted by Gasteiger charge is -2.35. The van der Waals surface area contributed by atoms with Crippen LogP contribution in [0.5, 0.6) is 0 Å². The van der Waals surface area contributed by atoms with E-state index in [0.717, 1.165) is 48.3 Å². The predicted molar refractivity (Wildman–Crippen MR) is 102 cm³/mol. The number of hydrogen-bond acceptors (Lipinski definition) is 8. The van der Waals surface area contributed by atoms with Gasteiger partial charge in [0.15, 0.2) is 5.82 Å². The molecule has 0 atom stereocenters. The van der Waals surface area contributed by atoms with Gasteiger partial charge in [-0.05, 0) is 18.2 Å². The van der Waals surface area contributed by atoms with Crippen LogP contribution in [0, 0.1) is 0 Å². The van der Waals surface area contributed by atoms with Gasteiger partial charge in [0.25, 0.3) is 5.56 Å². The number of aryl methyl sites for hydroxylation is 1. The van der Waals surface area contributed by atoms with Crippen LogP contribution < -0.4 is 15.4 Å². The minimum atomic E-state index is -0.0190. The first-order chi connectivity index (χ1) is 12.7. The van der Waals surface area contributed by atoms with Crippen molar-refractivity contribution in [1.29, 1.82) is 0 Å². The summed E-state index contributed by atoms with van der Waals surface area (Å²) >= 11 is 1.42. The van der Waals surface area contributed by atoms with E-state index >= 15 is 0 Å². The highest BCUT2D eigenvalue weighted by atomic mass is 32.1. The summed E-state index contributed by atoms with van der Waals surface area (Å²) in [6.45, 7) is 3.97. The van der Waals surface area contributed by atoms with Crippen molar-refractivity contribution in [3.8, 4) is 0 Å². The first kappa shape index (κ1) is 16.9. The molecular weight excluding hydrogens is 352 g/mol. The lowest BCUT2D eigenvalue weighted by atomic mass is 10.2. The van der Waals surface area contributed by atoms with Crippen LogP contribution >= 0.6 is 11.5 Å². The van der Waals surface area contributed by atoms with Gasteiger partial charge in [-0.15, -0.1) is 0 Å². The molecule has 1 aliphatic rings. The summed E-state index contributed by atoms with van der Waals surface area (Å²) in [5.74, 6) is 0.733. The summed E-state index contributed by atoms with van der Waals surface area (Å²) in [5, 5.41) is 1.59. The van der Waals surface area contributed by atoms with Gasteiger partial charge in [0.05, 0.1) is 17.2 Å². The highest BCUT2D eigenvalue weighted by Crippen LogP contribution is 2.23. The second-order valence-corrected chi connectivity index (χ2v) is 6.99. The van der Waals surface area contributed by atoms with Crippen molar-refractivity contribution in [2.45, 2.75) is 6.61 Å². The van der Waals surface area contributed by atoms with Crippen LogP contribution in [0.25, 0.3) is 10.9 Å². The lowest BCUT2D eigenvalue weighted by molar-refractivity contribution is 0.179. The number of hydrogen-bond donors (Lipinski definition) is 0. The van der Waals surface area contributed by atoms with Gasteiger partial charge in [0.2, 0.25) is 5.13 Å². The minimum absolute atomic E-state index is 0.0190. The van der Waals surface area contributed by atoms with Crippen molar-refractivity contribution in [2.75, 3.05) is 43.1 Å². The normalized spacial score (nSPS) is 15.0. The molecule has 26 heavy (non-hydrogen) atoms. The van der Waals surface area contributed by atoms with Crippen molar-refractivity contribution >= 4 is 33.3 Å². The predicted octanol–water partition coefficient (Wildman–Crippen LogP) is 1.26. The summed E-state index contributed by atoms with van der Waals surface area (Å²) in [7, 11) is 3.36. The molecule has 0 spiro atoms. The summed E-state index contributed by atoms with van der Waals surface area (Å²) in [4.78, 5) is 25.6. The fourth-order valence-electron chi connectivity index (χ4n) is 3.11. The molecular formula is C17H20N6O2S. The van der Waals surface area contributed by atoms with E-state index in [1.54, 1.807) is 20.5 Å². The second kappa shape index (κ2) is 7.00. The monoisotopic (exact) mass is 372 g/mol. The van der Waals surface area contributed by atoms with Gasteiger partial charge in [-0.2, -0.15) is 4.37 Å². The Balaban J connectivity index is 1.48. The molecule has 1 fully saturated rings. The third-order valence-electron chi connectivity index (χ3n) is 4.55. The molecule has 0 bridgehead atoms. The SMILES string of the molecule is COCc1nsc(N2CCN(c3ccc4c(=O)n(C)cnc4c3)CC2)n1. The van der Waals surface area contributed by atoms with Gasteiger partial charge in [-0.3, -0.25) is 4.79 Å². The van der Waals surface area contributed by atoms with E-state index in [9.17, 15) is 4.79 Å². The third kappa shape index (κ3) is 3.15. The number of fused-ring (bicyclic) bond motifs is 1. The molecule has 9 heteroatoms. The van der Waals surface area contributed by atoms with Crippen molar-refractivity contribution in [3.05, 3.63) is 40.7 Å². The van der Waals surface area contributed by atoms with Gasteiger partial charge in [0.1, 0.15) is 6.61 Å². The molecule has 1 aliphatic heterocycles. The number of piperazine rings is 1. The van der Waals surface area contributed by atoms with E-state index in [1.165, 1.54) is 16.1 Å². The number of aromatic nitrogens is 4. The maximum Gasteiger partial charge on any atom is 0.260 e. The van der Waals surface area contributed by atoms with Crippen LogP contribution in [0.15, 0.2) is 29.3 Å². The van der Waals surface area contributed by atoms with Gasteiger partial charge in [0, 0.05) is 57.6 Å². The van der Waals surface area contributed by atoms with Crippen molar-refractivity contribution in [2.24, 2.45) is 7.05 Å². The van der Waals surface area contributed by atoms with E-state index in [2.05, 4.69) is 24.1 Å². The number of methoxy groups -OCH3 is 1. The van der Waals surface area contributed by atoms with Crippen molar-refractivity contribution in [3.63, 3.8) is 0 Å². The molecule has 4 rings (SSSR count). The highest BCUT2D eigenvalue weighted by Gasteiger charge is 2.20. The summed E-state index contributed by atoms with van der Waals surface area (Å²) in [5.41, 5.74) is 1.81. The average Bonchev–Trinajstić information content (AvgIpc) is 3.14. The topological polar surface area (TPSA) is 76.4 Å². The molecule has 0 N–H and O–H groups in total. The van der Waals surface area contributed by atoms with Crippen LogP contribution in [-0.2, 0) is 18.4 Å². The fourth-order valence-corrected chi connectivity index (χ4v) is 3.84. The van der Waals surface area contributed by atoms with Gasteiger partial charge in [-0.25, -0.2) is 9.97 Å². The standard InChI is InChI=1S/C17H20N6O2S/c1-21-11-18-14-9-12(3-4-13(14)16(21)24)22-5-7-23(8-6-22)17-19-15(10-25-2)20-26-17/h3-4,9,11H,5-8,10H2,1-2H3. The summed E-state index contributed by atoms with van der Waals surface area (Å²) in [6, 6.07) is 5.87. The van der Waals surface area contributed by atoms with Crippen LogP contribution in [0.2, 0.25) is 0 Å². The van der Waals surface area contributed by atoms with E-state index in [-0.39, 0.29) is 5.56 Å². The Kier molecular flexibility index (Phi) is 4.56. The second-order valence-electron chi connectivity index (χ2n) is 6.26. The molecule has 3 heterocycles. The van der Waals surface area contributed by atoms with E-state index in [0.29, 0.717) is 12.0 Å². The molecule has 3 aromatic rings. The molecule has 1 aromatic carbocycles. The lowest BCUT2D eigenvalue weighted by Crippen LogP contribution is -2.46. The molecule has 0 saturated carbocycles. The van der Waals surface area contributed by atoms with Crippen LogP contribution in [0.4, 0.5) is 10.8 Å². The van der Waals surface area contributed by atoms with Gasteiger partial charge in [-0.1, -0.05) is 0 Å². The number of nitrogens with zero attached hydrogens (tertiary/aromatic N) is 6. The third-order valence-corrected chi connectivity index (χ3v) is 5.36. The van der Waals surface area contributed by atoms with Gasteiger partial charge >= 0.3 is 0 Å². The molecule has 8 nitrogen and oxygen atoms in total. The Morgan fingerprint density at radius 1 is 1.19 bits per heavy atom. The molecule has 0 aliphatic carbocycles. The van der Waals surface area contributed by atoms with Crippen molar-refractivity contribution < 1.29 is 4.74 Å². The van der Waals surface area contributed by atoms with Crippen LogP contribution in [0.1, 0.15) is 5.82 Å². The smallest absolute Gasteiger partial charge is 0.260 e.